The van der Waals surface area contributed by atoms with Gasteiger partial charge in [-0.05, 0) is 65.0 Å². The summed E-state index contributed by atoms with van der Waals surface area (Å²) < 4.78 is 43.2. The fraction of sp³-hybridized carbons (Fsp3) is 0.500. The van der Waals surface area contributed by atoms with Gasteiger partial charge in [0.15, 0.2) is 0 Å². The van der Waals surface area contributed by atoms with Gasteiger partial charge in [-0.3, -0.25) is 14.5 Å². The van der Waals surface area contributed by atoms with Gasteiger partial charge >= 0.3 is 6.18 Å². The minimum Gasteiger partial charge on any atom is -0.379 e. The number of halogens is 3. The standard InChI is InChI=1S/C30H37F3N6O/c1-20(30(31,32)33)26-23-8-5-9-25(37-29-10-14-38(15-11-29)16-12-29)24(23)17-22(36-26)7-6-13-34-27(40)21-18-35-39(19-21)28(2,3)4/h5,8-9,17-19,37H,1,6-7,10-16H2,2-4H3,(H,34,40). The Morgan fingerprint density at radius 2 is 1.80 bits per heavy atom. The number of pyridine rings is 1. The van der Waals surface area contributed by atoms with Crippen LogP contribution in [0.3, 0.4) is 0 Å². The molecule has 214 valence electrons. The molecule has 6 rings (SSSR count). The lowest BCUT2D eigenvalue weighted by atomic mass is 9.79. The minimum absolute atomic E-state index is 0.0429. The Labute approximate surface area is 232 Å². The van der Waals surface area contributed by atoms with Crippen LogP contribution in [0.2, 0.25) is 0 Å². The molecule has 5 heterocycles. The summed E-state index contributed by atoms with van der Waals surface area (Å²) in [6, 6.07) is 7.29. The van der Waals surface area contributed by atoms with Gasteiger partial charge in [0.1, 0.15) is 0 Å². The Kier molecular flexibility index (Phi) is 7.41. The summed E-state index contributed by atoms with van der Waals surface area (Å²) in [4.78, 5) is 19.5. The maximum Gasteiger partial charge on any atom is 0.417 e. The van der Waals surface area contributed by atoms with E-state index < -0.39 is 11.7 Å². The van der Waals surface area contributed by atoms with Crippen molar-refractivity contribution in [2.45, 2.75) is 70.1 Å². The summed E-state index contributed by atoms with van der Waals surface area (Å²) in [5.41, 5.74) is 0.456. The van der Waals surface area contributed by atoms with E-state index in [0.29, 0.717) is 41.4 Å². The first-order valence-corrected chi connectivity index (χ1v) is 13.9. The molecule has 2 N–H and O–H groups in total. The number of hydrogen-bond donors (Lipinski definition) is 2. The highest BCUT2D eigenvalue weighted by Gasteiger charge is 2.40. The molecule has 3 fully saturated rings. The molecule has 0 radical (unpaired) electrons. The SMILES string of the molecule is C=C(c1nc(CCCNC(=O)c2cnn(C(C)(C)C)c2)cc2c(NC34CCN(CC3)CC4)cccc12)C(F)(F)F. The molecular formula is C30H37F3N6O. The number of rotatable bonds is 8. The van der Waals surface area contributed by atoms with Gasteiger partial charge in [0.05, 0.1) is 28.6 Å². The number of allylic oxidation sites excluding steroid dienone is 1. The molecule has 10 heteroatoms. The second-order valence-corrected chi connectivity index (χ2v) is 12.0. The molecule has 1 amide bonds. The van der Waals surface area contributed by atoms with Crippen LogP contribution in [-0.4, -0.2) is 63.5 Å². The van der Waals surface area contributed by atoms with E-state index >= 15 is 0 Å². The maximum atomic E-state index is 13.8. The Balaban J connectivity index is 1.36. The zero-order valence-electron chi connectivity index (χ0n) is 23.4. The first-order valence-electron chi connectivity index (χ1n) is 13.9. The van der Waals surface area contributed by atoms with Crippen molar-refractivity contribution in [2.75, 3.05) is 31.5 Å². The number of benzene rings is 1. The van der Waals surface area contributed by atoms with Crippen LogP contribution < -0.4 is 10.6 Å². The van der Waals surface area contributed by atoms with Crippen LogP contribution >= 0.6 is 0 Å². The Bertz CT molecular complexity index is 1400. The van der Waals surface area contributed by atoms with Crippen LogP contribution in [-0.2, 0) is 12.0 Å². The molecule has 40 heavy (non-hydrogen) atoms. The van der Waals surface area contributed by atoms with Gasteiger partial charge in [-0.2, -0.15) is 18.3 Å². The first-order chi connectivity index (χ1) is 18.8. The number of piperidine rings is 3. The number of aromatic nitrogens is 3. The van der Waals surface area contributed by atoms with E-state index in [1.54, 1.807) is 23.0 Å². The van der Waals surface area contributed by atoms with E-state index in [1.807, 2.05) is 32.9 Å². The van der Waals surface area contributed by atoms with Gasteiger partial charge in [-0.15, -0.1) is 0 Å². The summed E-state index contributed by atoms with van der Waals surface area (Å²) in [7, 11) is 0. The summed E-state index contributed by atoms with van der Waals surface area (Å²) >= 11 is 0. The molecule has 3 aliphatic heterocycles. The van der Waals surface area contributed by atoms with Crippen molar-refractivity contribution >= 4 is 27.9 Å². The van der Waals surface area contributed by atoms with Gasteiger partial charge in [-0.25, -0.2) is 0 Å². The van der Waals surface area contributed by atoms with Crippen molar-refractivity contribution in [3.8, 4) is 0 Å². The quantitative estimate of drug-likeness (QED) is 0.346. The van der Waals surface area contributed by atoms with Gasteiger partial charge in [0.2, 0.25) is 0 Å². The number of carbonyl (C=O) groups excluding carboxylic acids is 1. The highest BCUT2D eigenvalue weighted by Crippen LogP contribution is 2.40. The largest absolute Gasteiger partial charge is 0.417 e. The van der Waals surface area contributed by atoms with Crippen molar-refractivity contribution in [1.82, 2.24) is 25.0 Å². The molecule has 0 atom stereocenters. The molecule has 3 aliphatic rings. The highest BCUT2D eigenvalue weighted by molar-refractivity contribution is 6.00. The van der Waals surface area contributed by atoms with Crippen molar-refractivity contribution in [2.24, 2.45) is 0 Å². The fourth-order valence-corrected chi connectivity index (χ4v) is 5.61. The van der Waals surface area contributed by atoms with E-state index in [1.165, 1.54) is 6.20 Å². The highest BCUT2D eigenvalue weighted by atomic mass is 19.4. The fourth-order valence-electron chi connectivity index (χ4n) is 5.61. The number of hydrogen-bond acceptors (Lipinski definition) is 5. The van der Waals surface area contributed by atoms with Gasteiger partial charge in [0.25, 0.3) is 5.91 Å². The van der Waals surface area contributed by atoms with Crippen molar-refractivity contribution in [1.29, 1.82) is 0 Å². The van der Waals surface area contributed by atoms with E-state index in [-0.39, 0.29) is 22.7 Å². The number of carbonyl (C=O) groups is 1. The number of nitrogens with one attached hydrogen (secondary N) is 2. The normalized spacial score (nSPS) is 21.0. The van der Waals surface area contributed by atoms with Crippen LogP contribution in [0.4, 0.5) is 18.9 Å². The zero-order chi connectivity index (χ0) is 28.7. The predicted octanol–water partition coefficient (Wildman–Crippen LogP) is 5.77. The Morgan fingerprint density at radius 1 is 1.10 bits per heavy atom. The molecule has 2 aromatic heterocycles. The van der Waals surface area contributed by atoms with E-state index in [4.69, 9.17) is 0 Å². The van der Waals surface area contributed by atoms with Gasteiger partial charge < -0.3 is 15.5 Å². The summed E-state index contributed by atoms with van der Waals surface area (Å²) in [6.07, 6.45) is 2.61. The number of amides is 1. The van der Waals surface area contributed by atoms with Crippen LogP contribution in [0.25, 0.3) is 16.3 Å². The van der Waals surface area contributed by atoms with Crippen LogP contribution in [0, 0.1) is 0 Å². The number of anilines is 1. The smallest absolute Gasteiger partial charge is 0.379 e. The van der Waals surface area contributed by atoms with Crippen molar-refractivity contribution < 1.29 is 18.0 Å². The van der Waals surface area contributed by atoms with Gasteiger partial charge in [0, 0.05) is 60.1 Å². The third-order valence-electron chi connectivity index (χ3n) is 8.10. The average molecular weight is 555 g/mol. The van der Waals surface area contributed by atoms with Crippen molar-refractivity contribution in [3.05, 3.63) is 60.2 Å². The molecule has 0 aliphatic carbocycles. The number of aryl methyl sites for hydroxylation is 1. The first kappa shape index (κ1) is 28.1. The number of fused-ring (bicyclic) bond motifs is 4. The molecule has 3 aromatic rings. The molecule has 0 spiro atoms. The van der Waals surface area contributed by atoms with E-state index in [9.17, 15) is 18.0 Å². The second-order valence-electron chi connectivity index (χ2n) is 12.0. The number of nitrogens with zero attached hydrogens (tertiary/aromatic N) is 4. The maximum absolute atomic E-state index is 13.8. The van der Waals surface area contributed by atoms with Crippen molar-refractivity contribution in [3.63, 3.8) is 0 Å². The zero-order valence-corrected chi connectivity index (χ0v) is 23.4. The summed E-state index contributed by atoms with van der Waals surface area (Å²) in [6.45, 7) is 12.8. The molecule has 1 aromatic carbocycles. The van der Waals surface area contributed by atoms with Crippen LogP contribution in [0.15, 0.2) is 43.2 Å². The predicted molar refractivity (Wildman–Crippen MR) is 151 cm³/mol. The van der Waals surface area contributed by atoms with Crippen LogP contribution in [0.5, 0.6) is 0 Å². The molecule has 0 saturated carbocycles. The lowest BCUT2D eigenvalue weighted by Gasteiger charge is -2.49. The lowest BCUT2D eigenvalue weighted by molar-refractivity contribution is -0.0688. The topological polar surface area (TPSA) is 75.1 Å². The van der Waals surface area contributed by atoms with Gasteiger partial charge in [-0.1, -0.05) is 18.7 Å². The van der Waals surface area contributed by atoms with E-state index in [2.05, 4.69) is 32.2 Å². The molecule has 7 nitrogen and oxygen atoms in total. The summed E-state index contributed by atoms with van der Waals surface area (Å²) in [5.74, 6) is -0.239. The minimum atomic E-state index is -4.59. The molecule has 3 saturated heterocycles. The second kappa shape index (κ2) is 10.5. The number of alkyl halides is 3. The van der Waals surface area contributed by atoms with E-state index in [0.717, 1.165) is 44.6 Å². The average Bonchev–Trinajstić information content (AvgIpc) is 3.42. The third kappa shape index (κ3) is 5.87. The lowest BCUT2D eigenvalue weighted by Crippen LogP contribution is -2.56. The Morgan fingerprint density at radius 3 is 2.42 bits per heavy atom. The molecule has 2 bridgehead atoms. The van der Waals surface area contributed by atoms with Crippen LogP contribution in [0.1, 0.15) is 68.2 Å². The molecular weight excluding hydrogens is 517 g/mol. The third-order valence-corrected chi connectivity index (χ3v) is 8.10. The molecule has 0 unspecified atom stereocenters. The Hall–Kier alpha value is -3.40. The summed E-state index contributed by atoms with van der Waals surface area (Å²) in [5, 5.41) is 12.0. The monoisotopic (exact) mass is 554 g/mol.